The Balaban J connectivity index is 1.57. The first-order chi connectivity index (χ1) is 12.2. The first kappa shape index (κ1) is 19.0. The van der Waals surface area contributed by atoms with E-state index in [4.69, 9.17) is 9.26 Å². The maximum absolute atomic E-state index is 11.6. The first-order valence-corrected chi connectivity index (χ1v) is 12.3. The van der Waals surface area contributed by atoms with Crippen molar-refractivity contribution in [3.8, 4) is 0 Å². The molecule has 0 aromatic heterocycles. The first-order valence-electron chi connectivity index (χ1n) is 8.84. The molecular formula is C18H25BO4P2. The molecule has 2 aliphatic rings. The molecule has 1 aliphatic carbocycles. The van der Waals surface area contributed by atoms with Crippen molar-refractivity contribution in [3.63, 3.8) is 0 Å². The smallest absolute Gasteiger partial charge is 0.306 e. The van der Waals surface area contributed by atoms with Gasteiger partial charge in [0.05, 0.1) is 18.6 Å². The van der Waals surface area contributed by atoms with Gasteiger partial charge in [0.15, 0.2) is 0 Å². The Morgan fingerprint density at radius 2 is 2.20 bits per heavy atom. The third kappa shape index (κ3) is 5.14. The number of ether oxygens (including phenoxy) is 1. The normalized spacial score (nSPS) is 30.7. The Kier molecular flexibility index (Phi) is 7.07. The van der Waals surface area contributed by atoms with Gasteiger partial charge in [-0.3, -0.25) is 4.79 Å². The second kappa shape index (κ2) is 9.28. The van der Waals surface area contributed by atoms with E-state index in [1.54, 1.807) is 0 Å². The highest BCUT2D eigenvalue weighted by Crippen LogP contribution is 2.47. The largest absolute Gasteiger partial charge is 0.462 e. The summed E-state index contributed by atoms with van der Waals surface area (Å²) in [5, 5.41) is 10.3. The van der Waals surface area contributed by atoms with Gasteiger partial charge in [-0.2, -0.15) is 0 Å². The summed E-state index contributed by atoms with van der Waals surface area (Å²) in [4.78, 5) is 11.6. The SMILES string of the molecule is BPPO[C@@H]1C[C@@H]2OC(=O)C[C@@H]2[C@H]1/C=C/[C@@H](O)CCc1ccccc1. The van der Waals surface area contributed by atoms with Gasteiger partial charge in [0, 0.05) is 26.8 Å². The van der Waals surface area contributed by atoms with Crippen LogP contribution < -0.4 is 0 Å². The molecule has 7 atom stereocenters. The predicted molar refractivity (Wildman–Crippen MR) is 106 cm³/mol. The van der Waals surface area contributed by atoms with Crippen LogP contribution in [-0.4, -0.2) is 37.0 Å². The van der Waals surface area contributed by atoms with E-state index < -0.39 is 6.10 Å². The van der Waals surface area contributed by atoms with E-state index in [1.165, 1.54) is 5.56 Å². The summed E-state index contributed by atoms with van der Waals surface area (Å²) < 4.78 is 11.4. The zero-order valence-electron chi connectivity index (χ0n) is 14.4. The lowest BCUT2D eigenvalue weighted by molar-refractivity contribution is -0.141. The minimum atomic E-state index is -0.478. The summed E-state index contributed by atoms with van der Waals surface area (Å²) in [5.41, 5.74) is 1.23. The van der Waals surface area contributed by atoms with Crippen LogP contribution in [0.3, 0.4) is 0 Å². The van der Waals surface area contributed by atoms with Crippen molar-refractivity contribution < 1.29 is 19.2 Å². The number of rotatable bonds is 8. The van der Waals surface area contributed by atoms with Crippen LogP contribution in [0.5, 0.6) is 0 Å². The van der Waals surface area contributed by atoms with Crippen LogP contribution in [0, 0.1) is 11.8 Å². The monoisotopic (exact) mass is 378 g/mol. The summed E-state index contributed by atoms with van der Waals surface area (Å²) >= 11 is 0. The number of fused-ring (bicyclic) bond motifs is 1. The summed E-state index contributed by atoms with van der Waals surface area (Å²) in [6, 6.07) is 10.2. The quantitative estimate of drug-likeness (QED) is 0.327. The van der Waals surface area contributed by atoms with Gasteiger partial charge < -0.3 is 14.4 Å². The van der Waals surface area contributed by atoms with Crippen molar-refractivity contribution in [2.75, 3.05) is 0 Å². The number of esters is 1. The van der Waals surface area contributed by atoms with Gasteiger partial charge in [-0.1, -0.05) is 42.5 Å². The molecule has 1 saturated heterocycles. The van der Waals surface area contributed by atoms with Gasteiger partial charge in [-0.15, -0.1) is 8.15 Å². The summed E-state index contributed by atoms with van der Waals surface area (Å²) in [7, 11) is 3.41. The fourth-order valence-corrected chi connectivity index (χ4v) is 5.07. The van der Waals surface area contributed by atoms with Gasteiger partial charge in [0.1, 0.15) is 13.7 Å². The molecular weight excluding hydrogens is 353 g/mol. The molecule has 2 fully saturated rings. The van der Waals surface area contributed by atoms with Crippen LogP contribution in [0.25, 0.3) is 0 Å². The van der Waals surface area contributed by atoms with Crippen molar-refractivity contribution in [1.82, 2.24) is 0 Å². The fraction of sp³-hybridized carbons (Fsp3) is 0.500. The third-order valence-electron chi connectivity index (χ3n) is 4.99. The van der Waals surface area contributed by atoms with Crippen LogP contribution in [0.1, 0.15) is 24.8 Å². The van der Waals surface area contributed by atoms with Crippen LogP contribution in [0.4, 0.5) is 0 Å². The van der Waals surface area contributed by atoms with Gasteiger partial charge in [-0.25, -0.2) is 0 Å². The van der Waals surface area contributed by atoms with Crippen LogP contribution in [-0.2, 0) is 20.5 Å². The molecule has 134 valence electrons. The Labute approximate surface area is 153 Å². The molecule has 1 aromatic carbocycles. The molecule has 3 rings (SSSR count). The lowest BCUT2D eigenvalue weighted by Crippen LogP contribution is -2.19. The maximum Gasteiger partial charge on any atom is 0.306 e. The van der Waals surface area contributed by atoms with E-state index in [-0.39, 0.29) is 30.0 Å². The zero-order chi connectivity index (χ0) is 17.6. The van der Waals surface area contributed by atoms with Crippen molar-refractivity contribution in [3.05, 3.63) is 48.0 Å². The van der Waals surface area contributed by atoms with Crippen LogP contribution in [0.15, 0.2) is 42.5 Å². The molecule has 0 bridgehead atoms. The summed E-state index contributed by atoms with van der Waals surface area (Å²) in [6.07, 6.45) is 6.35. The molecule has 4 nitrogen and oxygen atoms in total. The molecule has 7 heteroatoms. The van der Waals surface area contributed by atoms with Crippen LogP contribution >= 0.6 is 16.6 Å². The molecule has 0 spiro atoms. The number of carbonyl (C=O) groups is 1. The number of benzene rings is 1. The number of hydrogen-bond donors (Lipinski definition) is 1. The second-order valence-corrected chi connectivity index (χ2v) is 9.75. The van der Waals surface area contributed by atoms with Gasteiger partial charge in [-0.05, 0) is 18.4 Å². The number of aliphatic hydroxyl groups excluding tert-OH is 1. The highest BCUT2D eigenvalue weighted by molar-refractivity contribution is 8.21. The summed E-state index contributed by atoms with van der Waals surface area (Å²) in [5.74, 6) is 0.253. The molecule has 25 heavy (non-hydrogen) atoms. The number of aliphatic hydroxyl groups is 1. The molecule has 1 aromatic rings. The van der Waals surface area contributed by atoms with E-state index in [0.29, 0.717) is 21.3 Å². The minimum Gasteiger partial charge on any atom is -0.462 e. The molecule has 1 aliphatic heterocycles. The van der Waals surface area contributed by atoms with E-state index in [1.807, 2.05) is 24.3 Å². The molecule has 0 radical (unpaired) electrons. The van der Waals surface area contributed by atoms with E-state index in [0.717, 1.165) is 21.0 Å². The van der Waals surface area contributed by atoms with Gasteiger partial charge >= 0.3 is 5.97 Å². The molecule has 1 heterocycles. The fourth-order valence-electron chi connectivity index (χ4n) is 3.74. The maximum atomic E-state index is 11.6. The Bertz CT molecular complexity index is 598. The number of hydrogen-bond acceptors (Lipinski definition) is 4. The van der Waals surface area contributed by atoms with E-state index in [9.17, 15) is 9.90 Å². The molecule has 1 saturated carbocycles. The van der Waals surface area contributed by atoms with Gasteiger partial charge in [0.2, 0.25) is 0 Å². The number of aryl methyl sites for hydroxylation is 1. The topological polar surface area (TPSA) is 55.8 Å². The van der Waals surface area contributed by atoms with Crippen molar-refractivity contribution >= 4 is 30.2 Å². The molecule has 0 amide bonds. The Morgan fingerprint density at radius 1 is 1.40 bits per heavy atom. The zero-order valence-corrected chi connectivity index (χ0v) is 16.4. The lowest BCUT2D eigenvalue weighted by atomic mass is 9.91. The Morgan fingerprint density at radius 3 is 2.96 bits per heavy atom. The highest BCUT2D eigenvalue weighted by atomic mass is 32.0. The third-order valence-corrected chi connectivity index (χ3v) is 6.58. The van der Waals surface area contributed by atoms with E-state index in [2.05, 4.69) is 25.8 Å². The number of carbonyl (C=O) groups excluding carboxylic acids is 1. The highest BCUT2D eigenvalue weighted by Gasteiger charge is 2.49. The lowest BCUT2D eigenvalue weighted by Gasteiger charge is -2.20. The summed E-state index contributed by atoms with van der Waals surface area (Å²) in [6.45, 7) is 0. The molecule has 2 unspecified atom stereocenters. The average Bonchev–Trinajstić information content (AvgIpc) is 3.13. The average molecular weight is 378 g/mol. The van der Waals surface area contributed by atoms with E-state index >= 15 is 0 Å². The van der Waals surface area contributed by atoms with Crippen molar-refractivity contribution in [2.45, 2.75) is 44.0 Å². The van der Waals surface area contributed by atoms with Crippen molar-refractivity contribution in [1.29, 1.82) is 0 Å². The Hall–Kier alpha value is -0.725. The van der Waals surface area contributed by atoms with Crippen LogP contribution in [0.2, 0.25) is 0 Å². The standard InChI is InChI=1S/C18H25BO4P2/c19-24-25-23-17-11-16-15(10-18(21)22-16)14(17)9-8-13(20)7-6-12-4-2-1-3-5-12/h1-5,8-9,13-17,20,24-25H,6-7,10-11,19H2/b9-8+/t13-,14+,15+,16-,17+/m0/s1. The van der Waals surface area contributed by atoms with Crippen molar-refractivity contribution in [2.24, 2.45) is 11.8 Å². The second-order valence-electron chi connectivity index (χ2n) is 6.69. The predicted octanol–water partition coefficient (Wildman–Crippen LogP) is 2.61. The van der Waals surface area contributed by atoms with Gasteiger partial charge in [0.25, 0.3) is 0 Å². The minimum absolute atomic E-state index is 0.0152. The molecule has 1 N–H and O–H groups in total.